The molecule has 0 radical (unpaired) electrons. The van der Waals surface area contributed by atoms with Gasteiger partial charge in [-0.3, -0.25) is 19.3 Å². The highest BCUT2D eigenvalue weighted by Crippen LogP contribution is 2.35. The third-order valence-corrected chi connectivity index (χ3v) is 6.12. The summed E-state index contributed by atoms with van der Waals surface area (Å²) in [7, 11) is 1.97. The summed E-state index contributed by atoms with van der Waals surface area (Å²) in [6.07, 6.45) is 0.169. The Morgan fingerprint density at radius 3 is 2.13 bits per heavy atom. The zero-order valence-electron chi connectivity index (χ0n) is 17.4. The fourth-order valence-electron chi connectivity index (χ4n) is 4.10. The number of amides is 2. The minimum Gasteiger partial charge on any atom is -0.475 e. The van der Waals surface area contributed by atoms with Crippen molar-refractivity contribution in [2.24, 2.45) is 5.92 Å². The number of alkyl halides is 3. The standard InChI is InChI=1S/C17H27N3O4.C2HF3O2/c1-18-10-17(11-19(12-17)15(21)13-5-4-6-13)23-9-14(18)16(22)20-7-2-3-8-24-20;3-2(4,5)1(6)7/h13-14H,2-12H2,1H3;(H,6,7). The lowest BCUT2D eigenvalue weighted by Gasteiger charge is -2.55. The molecule has 4 rings (SSSR count). The number of ether oxygens (including phenoxy) is 1. The molecule has 0 aromatic heterocycles. The Kier molecular flexibility index (Phi) is 7.11. The molecule has 31 heavy (non-hydrogen) atoms. The Morgan fingerprint density at radius 1 is 1.03 bits per heavy atom. The lowest BCUT2D eigenvalue weighted by atomic mass is 9.81. The van der Waals surface area contributed by atoms with E-state index in [2.05, 4.69) is 4.90 Å². The number of nitrogens with zero attached hydrogens (tertiary/aromatic N) is 3. The molecule has 1 unspecified atom stereocenters. The van der Waals surface area contributed by atoms with Crippen molar-refractivity contribution in [3.8, 4) is 0 Å². The van der Waals surface area contributed by atoms with E-state index in [1.165, 1.54) is 11.5 Å². The number of likely N-dealkylation sites (N-methyl/N-ethyl adjacent to an activating group) is 1. The molecule has 4 aliphatic rings. The van der Waals surface area contributed by atoms with Crippen LogP contribution in [0.1, 0.15) is 32.1 Å². The maximum atomic E-state index is 12.6. The molecule has 1 N–H and O–H groups in total. The summed E-state index contributed by atoms with van der Waals surface area (Å²) >= 11 is 0. The van der Waals surface area contributed by atoms with E-state index in [1.807, 2.05) is 11.9 Å². The van der Waals surface area contributed by atoms with Crippen molar-refractivity contribution in [1.82, 2.24) is 14.9 Å². The molecule has 4 fully saturated rings. The van der Waals surface area contributed by atoms with Gasteiger partial charge in [0.15, 0.2) is 0 Å². The average Bonchev–Trinajstić information content (AvgIpc) is 2.64. The van der Waals surface area contributed by atoms with E-state index in [1.54, 1.807) is 0 Å². The van der Waals surface area contributed by atoms with E-state index in [4.69, 9.17) is 19.5 Å². The fourth-order valence-corrected chi connectivity index (χ4v) is 4.10. The molecule has 176 valence electrons. The molecule has 1 atom stereocenters. The summed E-state index contributed by atoms with van der Waals surface area (Å²) in [5, 5.41) is 8.62. The van der Waals surface area contributed by atoms with Gasteiger partial charge < -0.3 is 14.7 Å². The highest BCUT2D eigenvalue weighted by Gasteiger charge is 2.52. The lowest BCUT2D eigenvalue weighted by Crippen LogP contribution is -2.73. The molecule has 0 aromatic carbocycles. The number of likely N-dealkylation sites (tertiary alicyclic amines) is 1. The van der Waals surface area contributed by atoms with Crippen LogP contribution in [0.4, 0.5) is 13.2 Å². The van der Waals surface area contributed by atoms with Crippen molar-refractivity contribution < 1.29 is 42.2 Å². The first-order valence-electron chi connectivity index (χ1n) is 10.4. The van der Waals surface area contributed by atoms with Crippen molar-refractivity contribution in [3.05, 3.63) is 0 Å². The van der Waals surface area contributed by atoms with Crippen LogP contribution < -0.4 is 0 Å². The number of carbonyl (C=O) groups excluding carboxylic acids is 2. The molecule has 12 heteroatoms. The van der Waals surface area contributed by atoms with Gasteiger partial charge in [-0.2, -0.15) is 13.2 Å². The molecular formula is C19H28F3N3O6. The lowest BCUT2D eigenvalue weighted by molar-refractivity contribution is -0.225. The smallest absolute Gasteiger partial charge is 0.475 e. The summed E-state index contributed by atoms with van der Waals surface area (Å²) < 4.78 is 37.8. The highest BCUT2D eigenvalue weighted by molar-refractivity contribution is 5.82. The van der Waals surface area contributed by atoms with Gasteiger partial charge in [0.05, 0.1) is 26.3 Å². The molecule has 3 aliphatic heterocycles. The van der Waals surface area contributed by atoms with E-state index < -0.39 is 12.1 Å². The number of rotatable bonds is 2. The van der Waals surface area contributed by atoms with Gasteiger partial charge in [0.25, 0.3) is 5.91 Å². The molecule has 0 aromatic rings. The largest absolute Gasteiger partial charge is 0.490 e. The normalized spacial score (nSPS) is 26.4. The van der Waals surface area contributed by atoms with Crippen molar-refractivity contribution in [2.75, 3.05) is 46.4 Å². The Morgan fingerprint density at radius 2 is 1.68 bits per heavy atom. The maximum Gasteiger partial charge on any atom is 0.490 e. The zero-order valence-corrected chi connectivity index (χ0v) is 17.4. The maximum absolute atomic E-state index is 12.6. The number of carboxylic acid groups (broad SMARTS) is 1. The van der Waals surface area contributed by atoms with Crippen LogP contribution in [0.3, 0.4) is 0 Å². The molecule has 0 bridgehead atoms. The van der Waals surface area contributed by atoms with Gasteiger partial charge in [0.2, 0.25) is 5.91 Å². The van der Waals surface area contributed by atoms with Crippen molar-refractivity contribution in [1.29, 1.82) is 0 Å². The Hall–Kier alpha value is -1.92. The molecule has 1 aliphatic carbocycles. The third kappa shape index (κ3) is 5.47. The SMILES string of the molecule is CN1CC2(CN(C(=O)C3CCC3)C2)OCC1C(=O)N1CCCCO1.O=C(O)C(F)(F)F. The third-order valence-electron chi connectivity index (χ3n) is 6.12. The van der Waals surface area contributed by atoms with E-state index in [-0.39, 0.29) is 29.4 Å². The van der Waals surface area contributed by atoms with Gasteiger partial charge in [0, 0.05) is 19.0 Å². The summed E-state index contributed by atoms with van der Waals surface area (Å²) in [5.41, 5.74) is -0.284. The number of aliphatic carboxylic acids is 1. The second-order valence-electron chi connectivity index (χ2n) is 8.53. The van der Waals surface area contributed by atoms with Gasteiger partial charge in [-0.1, -0.05) is 6.42 Å². The summed E-state index contributed by atoms with van der Waals surface area (Å²) in [6.45, 7) is 3.66. The Labute approximate surface area is 178 Å². The Bertz CT molecular complexity index is 688. The van der Waals surface area contributed by atoms with Crippen LogP contribution >= 0.6 is 0 Å². The van der Waals surface area contributed by atoms with Gasteiger partial charge in [0.1, 0.15) is 11.6 Å². The minimum atomic E-state index is -5.08. The summed E-state index contributed by atoms with van der Waals surface area (Å²) in [5.74, 6) is -2.23. The predicted octanol–water partition coefficient (Wildman–Crippen LogP) is 0.885. The highest BCUT2D eigenvalue weighted by atomic mass is 19.4. The molecule has 9 nitrogen and oxygen atoms in total. The fraction of sp³-hybridized carbons (Fsp3) is 0.842. The molecule has 1 saturated carbocycles. The van der Waals surface area contributed by atoms with E-state index in [0.717, 1.165) is 25.7 Å². The molecular weight excluding hydrogens is 423 g/mol. The molecule has 1 spiro atoms. The number of morpholine rings is 1. The van der Waals surface area contributed by atoms with Crippen molar-refractivity contribution >= 4 is 17.8 Å². The van der Waals surface area contributed by atoms with Crippen LogP contribution in [0.5, 0.6) is 0 Å². The van der Waals surface area contributed by atoms with Crippen LogP contribution in [0.2, 0.25) is 0 Å². The first-order chi connectivity index (χ1) is 14.5. The number of halogens is 3. The number of hydrogen-bond acceptors (Lipinski definition) is 6. The van der Waals surface area contributed by atoms with Crippen LogP contribution in [0, 0.1) is 5.92 Å². The topological polar surface area (TPSA) is 99.6 Å². The van der Waals surface area contributed by atoms with Gasteiger partial charge in [-0.05, 0) is 32.7 Å². The molecule has 3 saturated heterocycles. The first-order valence-corrected chi connectivity index (χ1v) is 10.4. The molecule has 2 amide bonds. The van der Waals surface area contributed by atoms with Crippen molar-refractivity contribution in [3.63, 3.8) is 0 Å². The summed E-state index contributed by atoms with van der Waals surface area (Å²) in [4.78, 5) is 43.2. The van der Waals surface area contributed by atoms with E-state index in [0.29, 0.717) is 39.4 Å². The number of hydrogen-bond donors (Lipinski definition) is 1. The molecule has 3 heterocycles. The van der Waals surface area contributed by atoms with Crippen LogP contribution in [0.25, 0.3) is 0 Å². The Balaban J connectivity index is 0.000000339. The average molecular weight is 451 g/mol. The van der Waals surface area contributed by atoms with Gasteiger partial charge in [-0.25, -0.2) is 9.86 Å². The van der Waals surface area contributed by atoms with E-state index >= 15 is 0 Å². The monoisotopic (exact) mass is 451 g/mol. The minimum absolute atomic E-state index is 0.00576. The van der Waals surface area contributed by atoms with Crippen LogP contribution in [0.15, 0.2) is 0 Å². The van der Waals surface area contributed by atoms with E-state index in [9.17, 15) is 22.8 Å². The second-order valence-corrected chi connectivity index (χ2v) is 8.53. The number of carboxylic acids is 1. The zero-order chi connectivity index (χ0) is 22.8. The summed E-state index contributed by atoms with van der Waals surface area (Å²) in [6, 6.07) is -0.287. The quantitative estimate of drug-likeness (QED) is 0.666. The van der Waals surface area contributed by atoms with Crippen LogP contribution in [-0.4, -0.2) is 102 Å². The van der Waals surface area contributed by atoms with Crippen LogP contribution in [-0.2, 0) is 24.0 Å². The second kappa shape index (κ2) is 9.29. The van der Waals surface area contributed by atoms with Gasteiger partial charge in [-0.15, -0.1) is 0 Å². The predicted molar refractivity (Wildman–Crippen MR) is 99.6 cm³/mol. The first kappa shape index (κ1) is 23.7. The number of carbonyl (C=O) groups is 3. The number of hydroxylamine groups is 2. The van der Waals surface area contributed by atoms with Crippen molar-refractivity contribution in [2.45, 2.75) is 49.9 Å². The van der Waals surface area contributed by atoms with Gasteiger partial charge >= 0.3 is 12.1 Å².